The fourth-order valence-corrected chi connectivity index (χ4v) is 3.09. The number of hydrogen-bond donors (Lipinski definition) is 1. The van der Waals surface area contributed by atoms with Crippen LogP contribution in [0.3, 0.4) is 0 Å². The number of nitrogens with two attached hydrogens (primary N) is 1. The average Bonchev–Trinajstić information content (AvgIpc) is 2.35. The van der Waals surface area contributed by atoms with Gasteiger partial charge in [0.05, 0.1) is 27.0 Å². The zero-order valence-corrected chi connectivity index (χ0v) is 12.6. The van der Waals surface area contributed by atoms with Gasteiger partial charge in [-0.2, -0.15) is 5.26 Å². The van der Waals surface area contributed by atoms with E-state index in [2.05, 4.69) is 35.6 Å². The summed E-state index contributed by atoms with van der Waals surface area (Å²) in [5.41, 5.74) is 7.11. The molecule has 96 valence electrons. The Balaban J connectivity index is 2.12. The first kappa shape index (κ1) is 13.5. The molecule has 0 aromatic heterocycles. The normalized spacial score (nSPS) is 23.4. The summed E-state index contributed by atoms with van der Waals surface area (Å²) in [5, 5.41) is 8.88. The number of nitrogen functional groups attached to an aromatic ring is 1. The van der Waals surface area contributed by atoms with E-state index in [0.717, 1.165) is 28.1 Å². The first-order valence-corrected chi connectivity index (χ1v) is 7.33. The maximum atomic E-state index is 8.88. The molecule has 1 saturated carbocycles. The third-order valence-corrected chi connectivity index (χ3v) is 4.25. The van der Waals surface area contributed by atoms with Crippen LogP contribution in [0.1, 0.15) is 38.2 Å². The molecule has 1 aromatic rings. The summed E-state index contributed by atoms with van der Waals surface area (Å²) in [6, 6.07) is 5.61. The van der Waals surface area contributed by atoms with Crippen molar-refractivity contribution in [2.24, 2.45) is 5.92 Å². The van der Waals surface area contributed by atoms with E-state index in [-0.39, 0.29) is 6.10 Å². The number of ether oxygens (including phenoxy) is 1. The molecule has 0 heterocycles. The largest absolute Gasteiger partial charge is 0.487 e. The summed E-state index contributed by atoms with van der Waals surface area (Å²) < 4.78 is 6.94. The van der Waals surface area contributed by atoms with Crippen LogP contribution in [0.5, 0.6) is 5.75 Å². The Morgan fingerprint density at radius 3 is 2.56 bits per heavy atom. The van der Waals surface area contributed by atoms with Crippen LogP contribution in [0.15, 0.2) is 12.1 Å². The van der Waals surface area contributed by atoms with Gasteiger partial charge in [-0.3, -0.25) is 0 Å². The molecule has 1 aromatic carbocycles. The Hall–Kier alpha value is -0.960. The van der Waals surface area contributed by atoms with Crippen LogP contribution in [-0.2, 0) is 0 Å². The second-order valence-corrected chi connectivity index (χ2v) is 6.15. The van der Waals surface area contributed by atoms with Gasteiger partial charge in [0, 0.05) is 0 Å². The summed E-state index contributed by atoms with van der Waals surface area (Å²) in [4.78, 5) is 0. The van der Waals surface area contributed by atoms with Crippen molar-refractivity contribution < 1.29 is 4.74 Å². The summed E-state index contributed by atoms with van der Waals surface area (Å²) in [5.74, 6) is 1.55. The second kappa shape index (κ2) is 5.79. The van der Waals surface area contributed by atoms with Crippen LogP contribution in [0.25, 0.3) is 0 Å². The van der Waals surface area contributed by atoms with E-state index >= 15 is 0 Å². The van der Waals surface area contributed by atoms with Crippen molar-refractivity contribution in [3.05, 3.63) is 21.3 Å². The molecule has 0 spiro atoms. The van der Waals surface area contributed by atoms with Crippen LogP contribution in [0.2, 0.25) is 0 Å². The average molecular weight is 356 g/mol. The van der Waals surface area contributed by atoms with E-state index < -0.39 is 0 Å². The van der Waals surface area contributed by atoms with Crippen molar-refractivity contribution in [2.75, 3.05) is 5.73 Å². The number of hydrogen-bond acceptors (Lipinski definition) is 3. The minimum atomic E-state index is 0.268. The molecule has 1 fully saturated rings. The number of rotatable bonds is 2. The molecule has 0 atom stereocenters. The molecule has 4 heteroatoms. The molecule has 1 aliphatic carbocycles. The van der Waals surface area contributed by atoms with E-state index in [9.17, 15) is 0 Å². The highest BCUT2D eigenvalue weighted by Crippen LogP contribution is 2.34. The van der Waals surface area contributed by atoms with Crippen molar-refractivity contribution in [3.8, 4) is 11.8 Å². The van der Waals surface area contributed by atoms with Gasteiger partial charge in [-0.05, 0) is 66.3 Å². The molecule has 2 rings (SSSR count). The predicted molar refractivity (Wildman–Crippen MR) is 80.3 cm³/mol. The van der Waals surface area contributed by atoms with Gasteiger partial charge in [0.15, 0.2) is 5.75 Å². The molecule has 0 saturated heterocycles. The van der Waals surface area contributed by atoms with Gasteiger partial charge in [0.25, 0.3) is 0 Å². The lowest BCUT2D eigenvalue weighted by Crippen LogP contribution is -2.23. The summed E-state index contributed by atoms with van der Waals surface area (Å²) in [6.07, 6.45) is 4.90. The standard InChI is InChI=1S/C14H17IN2O/c1-9-2-4-11(5-3-9)18-14-12(15)6-10(8-16)7-13(14)17/h6-7,9,11H,2-5,17H2,1H3. The lowest BCUT2D eigenvalue weighted by Gasteiger charge is -2.27. The van der Waals surface area contributed by atoms with E-state index in [0.29, 0.717) is 11.3 Å². The third kappa shape index (κ3) is 3.08. The number of benzene rings is 1. The monoisotopic (exact) mass is 356 g/mol. The second-order valence-electron chi connectivity index (χ2n) is 4.99. The first-order chi connectivity index (χ1) is 8.60. The minimum Gasteiger partial charge on any atom is -0.487 e. The molecule has 2 N–H and O–H groups in total. The van der Waals surface area contributed by atoms with Gasteiger partial charge in [0.2, 0.25) is 0 Å². The van der Waals surface area contributed by atoms with Crippen LogP contribution < -0.4 is 10.5 Å². The molecular weight excluding hydrogens is 339 g/mol. The number of nitrogens with zero attached hydrogens (tertiary/aromatic N) is 1. The minimum absolute atomic E-state index is 0.268. The number of anilines is 1. The van der Waals surface area contributed by atoms with Crippen LogP contribution in [0.4, 0.5) is 5.69 Å². The maximum absolute atomic E-state index is 8.88. The maximum Gasteiger partial charge on any atom is 0.155 e. The van der Waals surface area contributed by atoms with Crippen LogP contribution in [0, 0.1) is 20.8 Å². The van der Waals surface area contributed by atoms with E-state index in [1.807, 2.05) is 6.07 Å². The van der Waals surface area contributed by atoms with Crippen molar-refractivity contribution in [3.63, 3.8) is 0 Å². The topological polar surface area (TPSA) is 59.0 Å². The fourth-order valence-electron chi connectivity index (χ4n) is 2.32. The Morgan fingerprint density at radius 1 is 1.33 bits per heavy atom. The Bertz CT molecular complexity index is 450. The molecule has 0 bridgehead atoms. The molecule has 0 unspecified atom stereocenters. The highest BCUT2D eigenvalue weighted by atomic mass is 127. The van der Waals surface area contributed by atoms with E-state index in [4.69, 9.17) is 15.7 Å². The van der Waals surface area contributed by atoms with Crippen LogP contribution >= 0.6 is 22.6 Å². The lowest BCUT2D eigenvalue weighted by atomic mass is 9.89. The number of halogens is 1. The van der Waals surface area contributed by atoms with Gasteiger partial charge in [-0.1, -0.05) is 6.92 Å². The Kier molecular flexibility index (Phi) is 4.33. The van der Waals surface area contributed by atoms with Crippen molar-refractivity contribution in [2.45, 2.75) is 38.7 Å². The summed E-state index contributed by atoms with van der Waals surface area (Å²) >= 11 is 2.18. The zero-order chi connectivity index (χ0) is 13.1. The predicted octanol–water partition coefficient (Wildman–Crippen LogP) is 3.70. The third-order valence-electron chi connectivity index (χ3n) is 3.45. The molecule has 18 heavy (non-hydrogen) atoms. The number of nitriles is 1. The SMILES string of the molecule is CC1CCC(Oc2c(N)cc(C#N)cc2I)CC1. The smallest absolute Gasteiger partial charge is 0.155 e. The molecule has 1 aliphatic rings. The lowest BCUT2D eigenvalue weighted by molar-refractivity contribution is 0.135. The molecule has 0 radical (unpaired) electrons. The molecule has 3 nitrogen and oxygen atoms in total. The highest BCUT2D eigenvalue weighted by Gasteiger charge is 2.21. The Labute approximate surface area is 121 Å². The highest BCUT2D eigenvalue weighted by molar-refractivity contribution is 14.1. The van der Waals surface area contributed by atoms with E-state index in [1.54, 1.807) is 6.07 Å². The van der Waals surface area contributed by atoms with Gasteiger partial charge >= 0.3 is 0 Å². The first-order valence-electron chi connectivity index (χ1n) is 6.26. The molecule has 0 amide bonds. The van der Waals surface area contributed by atoms with Crippen molar-refractivity contribution in [1.82, 2.24) is 0 Å². The molecule has 0 aliphatic heterocycles. The Morgan fingerprint density at radius 2 is 2.00 bits per heavy atom. The van der Waals surface area contributed by atoms with Crippen molar-refractivity contribution in [1.29, 1.82) is 5.26 Å². The fraction of sp³-hybridized carbons (Fsp3) is 0.500. The zero-order valence-electron chi connectivity index (χ0n) is 10.4. The molecular formula is C14H17IN2O. The van der Waals surface area contributed by atoms with Gasteiger partial charge in [0.1, 0.15) is 0 Å². The summed E-state index contributed by atoms with van der Waals surface area (Å²) in [6.45, 7) is 2.29. The van der Waals surface area contributed by atoms with E-state index in [1.165, 1.54) is 12.8 Å². The van der Waals surface area contributed by atoms with Gasteiger partial charge < -0.3 is 10.5 Å². The summed E-state index contributed by atoms with van der Waals surface area (Å²) in [7, 11) is 0. The van der Waals surface area contributed by atoms with Crippen molar-refractivity contribution >= 4 is 28.3 Å². The van der Waals surface area contributed by atoms with Gasteiger partial charge in [-0.15, -0.1) is 0 Å². The quantitative estimate of drug-likeness (QED) is 0.649. The van der Waals surface area contributed by atoms with Crippen LogP contribution in [-0.4, -0.2) is 6.10 Å². The van der Waals surface area contributed by atoms with Gasteiger partial charge in [-0.25, -0.2) is 0 Å².